The normalized spacial score (nSPS) is 11.7. The van der Waals surface area contributed by atoms with Crippen molar-refractivity contribution in [2.75, 3.05) is 0 Å². The van der Waals surface area contributed by atoms with Crippen LogP contribution in [0.25, 0.3) is 0 Å². The molecule has 0 saturated carbocycles. The van der Waals surface area contributed by atoms with E-state index in [-0.39, 0.29) is 23.6 Å². The van der Waals surface area contributed by atoms with Gasteiger partial charge >= 0.3 is 0 Å². The molecule has 2 aromatic heterocycles. The molecule has 0 bridgehead atoms. The number of nitrogens with one attached hydrogen (secondary N) is 1. The SMILES string of the molecule is CC(NC(=O)CCc1cscn1)c1ncc(C#N)cc1F. The van der Waals surface area contributed by atoms with Crippen molar-refractivity contribution in [3.05, 3.63) is 45.9 Å². The van der Waals surface area contributed by atoms with Gasteiger partial charge in [-0.1, -0.05) is 0 Å². The molecule has 1 amide bonds. The molecule has 2 aromatic rings. The Hall–Kier alpha value is -2.33. The fourth-order valence-corrected chi connectivity index (χ4v) is 2.41. The molecule has 0 aliphatic heterocycles. The number of carbonyl (C=O) groups excluding carboxylic acids is 1. The van der Waals surface area contributed by atoms with E-state index in [2.05, 4.69) is 15.3 Å². The van der Waals surface area contributed by atoms with Crippen molar-refractivity contribution in [1.29, 1.82) is 5.26 Å². The van der Waals surface area contributed by atoms with Crippen LogP contribution in [0.4, 0.5) is 4.39 Å². The number of aromatic nitrogens is 2. The Morgan fingerprint density at radius 3 is 3.00 bits per heavy atom. The van der Waals surface area contributed by atoms with Gasteiger partial charge in [0, 0.05) is 18.0 Å². The highest BCUT2D eigenvalue weighted by Gasteiger charge is 2.15. The number of nitrogens with zero attached hydrogens (tertiary/aromatic N) is 3. The van der Waals surface area contributed by atoms with Crippen molar-refractivity contribution in [3.63, 3.8) is 0 Å². The van der Waals surface area contributed by atoms with Crippen molar-refractivity contribution >= 4 is 17.2 Å². The van der Waals surface area contributed by atoms with Gasteiger partial charge in [-0.3, -0.25) is 9.78 Å². The lowest BCUT2D eigenvalue weighted by atomic mass is 10.1. The van der Waals surface area contributed by atoms with E-state index in [1.807, 2.05) is 11.4 Å². The van der Waals surface area contributed by atoms with Gasteiger partial charge in [0.05, 0.1) is 28.5 Å². The first-order valence-corrected chi connectivity index (χ1v) is 7.26. The fourth-order valence-electron chi connectivity index (χ4n) is 1.81. The second-order valence-corrected chi connectivity index (χ2v) is 5.19. The van der Waals surface area contributed by atoms with Crippen molar-refractivity contribution < 1.29 is 9.18 Å². The van der Waals surface area contributed by atoms with E-state index in [4.69, 9.17) is 5.26 Å². The van der Waals surface area contributed by atoms with E-state index < -0.39 is 11.9 Å². The lowest BCUT2D eigenvalue weighted by Crippen LogP contribution is -2.28. The molecule has 0 spiro atoms. The van der Waals surface area contributed by atoms with Crippen molar-refractivity contribution in [2.24, 2.45) is 0 Å². The molecule has 2 rings (SSSR count). The summed E-state index contributed by atoms with van der Waals surface area (Å²) in [4.78, 5) is 19.8. The molecule has 0 aliphatic rings. The zero-order valence-corrected chi connectivity index (χ0v) is 12.2. The van der Waals surface area contributed by atoms with Crippen LogP contribution in [0.1, 0.15) is 36.3 Å². The number of amides is 1. The smallest absolute Gasteiger partial charge is 0.220 e. The Bertz CT molecular complexity index is 666. The monoisotopic (exact) mass is 304 g/mol. The second kappa shape index (κ2) is 6.90. The predicted molar refractivity (Wildman–Crippen MR) is 75.9 cm³/mol. The number of aryl methyl sites for hydroxylation is 1. The Labute approximate surface area is 125 Å². The average molecular weight is 304 g/mol. The third kappa shape index (κ3) is 4.07. The first kappa shape index (κ1) is 15.1. The average Bonchev–Trinajstić information content (AvgIpc) is 2.98. The number of halogens is 1. The second-order valence-electron chi connectivity index (χ2n) is 4.47. The molecular formula is C14H13FN4OS. The number of hydrogen-bond acceptors (Lipinski definition) is 5. The Kier molecular flexibility index (Phi) is 4.95. The molecular weight excluding hydrogens is 291 g/mol. The maximum Gasteiger partial charge on any atom is 0.220 e. The highest BCUT2D eigenvalue weighted by Crippen LogP contribution is 2.15. The fraction of sp³-hybridized carbons (Fsp3) is 0.286. The lowest BCUT2D eigenvalue weighted by molar-refractivity contribution is -0.121. The molecule has 7 heteroatoms. The van der Waals surface area contributed by atoms with Gasteiger partial charge in [0.25, 0.3) is 0 Å². The summed E-state index contributed by atoms with van der Waals surface area (Å²) in [7, 11) is 0. The molecule has 1 atom stereocenters. The van der Waals surface area contributed by atoms with Crippen LogP contribution < -0.4 is 5.32 Å². The summed E-state index contributed by atoms with van der Waals surface area (Å²) in [6, 6.07) is 2.37. The van der Waals surface area contributed by atoms with Crippen LogP contribution in [-0.4, -0.2) is 15.9 Å². The summed E-state index contributed by atoms with van der Waals surface area (Å²) >= 11 is 1.48. The molecule has 1 unspecified atom stereocenters. The lowest BCUT2D eigenvalue weighted by Gasteiger charge is -2.14. The highest BCUT2D eigenvalue weighted by atomic mass is 32.1. The number of nitriles is 1. The van der Waals surface area contributed by atoms with Gasteiger partial charge in [-0.25, -0.2) is 9.37 Å². The predicted octanol–water partition coefficient (Wildman–Crippen LogP) is 2.36. The minimum absolute atomic E-state index is 0.121. The van der Waals surface area contributed by atoms with E-state index in [9.17, 15) is 9.18 Å². The standard InChI is InChI=1S/C14H13FN4OS/c1-9(14-12(15)4-10(5-16)6-17-14)19-13(20)3-2-11-7-21-8-18-11/h4,6-9H,2-3H2,1H3,(H,19,20). The zero-order chi connectivity index (χ0) is 15.2. The van der Waals surface area contributed by atoms with E-state index in [1.165, 1.54) is 17.5 Å². The summed E-state index contributed by atoms with van der Waals surface area (Å²) in [5.41, 5.74) is 2.85. The first-order valence-electron chi connectivity index (χ1n) is 6.32. The van der Waals surface area contributed by atoms with Crippen LogP contribution in [0.2, 0.25) is 0 Å². The minimum Gasteiger partial charge on any atom is -0.348 e. The van der Waals surface area contributed by atoms with Gasteiger partial charge in [-0.15, -0.1) is 11.3 Å². The number of carbonyl (C=O) groups is 1. The summed E-state index contributed by atoms with van der Waals surface area (Å²) in [5, 5.41) is 13.2. The molecule has 5 nitrogen and oxygen atoms in total. The van der Waals surface area contributed by atoms with Crippen LogP contribution in [0.5, 0.6) is 0 Å². The van der Waals surface area contributed by atoms with Gasteiger partial charge in [-0.2, -0.15) is 5.26 Å². The summed E-state index contributed by atoms with van der Waals surface area (Å²) < 4.78 is 13.8. The molecule has 0 fully saturated rings. The van der Waals surface area contributed by atoms with Gasteiger partial charge in [0.2, 0.25) is 5.91 Å². The van der Waals surface area contributed by atoms with Crippen LogP contribution in [0, 0.1) is 17.1 Å². The Morgan fingerprint density at radius 2 is 2.38 bits per heavy atom. The molecule has 0 radical (unpaired) electrons. The van der Waals surface area contributed by atoms with Gasteiger partial charge in [-0.05, 0) is 19.4 Å². The van der Waals surface area contributed by atoms with Crippen LogP contribution in [0.15, 0.2) is 23.2 Å². The molecule has 0 aliphatic carbocycles. The quantitative estimate of drug-likeness (QED) is 0.919. The highest BCUT2D eigenvalue weighted by molar-refractivity contribution is 7.07. The molecule has 1 N–H and O–H groups in total. The van der Waals surface area contributed by atoms with Crippen LogP contribution in [-0.2, 0) is 11.2 Å². The van der Waals surface area contributed by atoms with Gasteiger partial charge < -0.3 is 5.32 Å². The van der Waals surface area contributed by atoms with E-state index >= 15 is 0 Å². The van der Waals surface area contributed by atoms with Crippen LogP contribution in [0.3, 0.4) is 0 Å². The first-order chi connectivity index (χ1) is 10.1. The summed E-state index contributed by atoms with van der Waals surface area (Å²) in [6.45, 7) is 1.65. The van der Waals surface area contributed by atoms with Crippen LogP contribution >= 0.6 is 11.3 Å². The summed E-state index contributed by atoms with van der Waals surface area (Å²) in [5.74, 6) is -0.789. The number of hydrogen-bond donors (Lipinski definition) is 1. The molecule has 2 heterocycles. The van der Waals surface area contributed by atoms with Gasteiger partial charge in [0.15, 0.2) is 0 Å². The summed E-state index contributed by atoms with van der Waals surface area (Å²) in [6.07, 6.45) is 2.12. The van der Waals surface area contributed by atoms with E-state index in [0.717, 1.165) is 11.8 Å². The maximum atomic E-state index is 13.8. The van der Waals surface area contributed by atoms with E-state index in [0.29, 0.717) is 6.42 Å². The maximum absolute atomic E-state index is 13.8. The molecule has 0 saturated heterocycles. The molecule has 0 aromatic carbocycles. The number of pyridine rings is 1. The van der Waals surface area contributed by atoms with Crippen molar-refractivity contribution in [3.8, 4) is 6.07 Å². The topological polar surface area (TPSA) is 78.7 Å². The number of rotatable bonds is 5. The molecule has 108 valence electrons. The third-order valence-electron chi connectivity index (χ3n) is 2.88. The molecule has 21 heavy (non-hydrogen) atoms. The third-order valence-corrected chi connectivity index (χ3v) is 3.51. The van der Waals surface area contributed by atoms with Crippen molar-refractivity contribution in [2.45, 2.75) is 25.8 Å². The number of thiazole rings is 1. The van der Waals surface area contributed by atoms with E-state index in [1.54, 1.807) is 12.4 Å². The van der Waals surface area contributed by atoms with Crippen molar-refractivity contribution in [1.82, 2.24) is 15.3 Å². The Morgan fingerprint density at radius 1 is 1.57 bits per heavy atom. The zero-order valence-electron chi connectivity index (χ0n) is 11.3. The minimum atomic E-state index is -0.596. The van der Waals surface area contributed by atoms with Gasteiger partial charge in [0.1, 0.15) is 11.9 Å². The Balaban J connectivity index is 1.93. The largest absolute Gasteiger partial charge is 0.348 e.